The van der Waals surface area contributed by atoms with E-state index in [2.05, 4.69) is 0 Å². The SMILES string of the molecule is O=C1CCC2C(=O)CCC=C2O1. The normalized spacial score (nSPS) is 29.0. The Labute approximate surface area is 70.4 Å². The van der Waals surface area contributed by atoms with E-state index >= 15 is 0 Å². The fourth-order valence-electron chi connectivity index (χ4n) is 1.69. The molecule has 3 heteroatoms. The maximum absolute atomic E-state index is 11.3. The topological polar surface area (TPSA) is 43.4 Å². The third kappa shape index (κ3) is 1.15. The zero-order valence-electron chi connectivity index (χ0n) is 6.71. The van der Waals surface area contributed by atoms with E-state index in [4.69, 9.17) is 4.74 Å². The molecule has 0 saturated carbocycles. The number of allylic oxidation sites excluding steroid dienone is 2. The summed E-state index contributed by atoms with van der Waals surface area (Å²) in [6.07, 6.45) is 4.21. The molecule has 0 N–H and O–H groups in total. The van der Waals surface area contributed by atoms with Crippen LogP contribution in [-0.4, -0.2) is 11.8 Å². The number of hydrogen-bond acceptors (Lipinski definition) is 3. The van der Waals surface area contributed by atoms with Gasteiger partial charge in [-0.1, -0.05) is 0 Å². The highest BCUT2D eigenvalue weighted by Crippen LogP contribution is 2.30. The third-order valence-electron chi connectivity index (χ3n) is 2.34. The Bertz CT molecular complexity index is 265. The van der Waals surface area contributed by atoms with Crippen molar-refractivity contribution in [2.24, 2.45) is 5.92 Å². The first-order chi connectivity index (χ1) is 5.77. The maximum Gasteiger partial charge on any atom is 0.310 e. The van der Waals surface area contributed by atoms with E-state index in [1.54, 1.807) is 0 Å². The molecule has 1 heterocycles. The van der Waals surface area contributed by atoms with Gasteiger partial charge in [0.25, 0.3) is 0 Å². The molecule has 1 aliphatic carbocycles. The van der Waals surface area contributed by atoms with Gasteiger partial charge in [0.2, 0.25) is 0 Å². The number of rotatable bonds is 0. The zero-order valence-corrected chi connectivity index (χ0v) is 6.71. The van der Waals surface area contributed by atoms with Gasteiger partial charge < -0.3 is 4.74 Å². The monoisotopic (exact) mass is 166 g/mol. The minimum atomic E-state index is -0.202. The van der Waals surface area contributed by atoms with Crippen LogP contribution in [0, 0.1) is 5.92 Å². The van der Waals surface area contributed by atoms with Gasteiger partial charge in [-0.2, -0.15) is 0 Å². The minimum absolute atomic E-state index is 0.114. The quantitative estimate of drug-likeness (QED) is 0.507. The summed E-state index contributed by atoms with van der Waals surface area (Å²) in [6.45, 7) is 0. The van der Waals surface area contributed by atoms with Crippen molar-refractivity contribution in [2.75, 3.05) is 0 Å². The van der Waals surface area contributed by atoms with Crippen LogP contribution < -0.4 is 0 Å². The molecule has 0 amide bonds. The predicted octanol–water partition coefficient (Wildman–Crippen LogP) is 1.19. The van der Waals surface area contributed by atoms with Crippen LogP contribution in [-0.2, 0) is 14.3 Å². The molecular weight excluding hydrogens is 156 g/mol. The highest BCUT2D eigenvalue weighted by atomic mass is 16.5. The molecule has 1 unspecified atom stereocenters. The summed E-state index contributed by atoms with van der Waals surface area (Å²) in [7, 11) is 0. The Balaban J connectivity index is 2.22. The molecular formula is C9H10O3. The van der Waals surface area contributed by atoms with Gasteiger partial charge in [0, 0.05) is 12.8 Å². The molecule has 2 rings (SSSR count). The largest absolute Gasteiger partial charge is 0.431 e. The molecule has 12 heavy (non-hydrogen) atoms. The van der Waals surface area contributed by atoms with E-state index in [0.717, 1.165) is 6.42 Å². The molecule has 3 nitrogen and oxygen atoms in total. The van der Waals surface area contributed by atoms with Gasteiger partial charge in [-0.25, -0.2) is 0 Å². The van der Waals surface area contributed by atoms with E-state index in [9.17, 15) is 9.59 Å². The summed E-state index contributed by atoms with van der Waals surface area (Å²) in [4.78, 5) is 22.2. The molecule has 0 spiro atoms. The van der Waals surface area contributed by atoms with Crippen LogP contribution in [0.3, 0.4) is 0 Å². The second kappa shape index (κ2) is 2.73. The minimum Gasteiger partial charge on any atom is -0.431 e. The second-order valence-corrected chi connectivity index (χ2v) is 3.18. The summed E-state index contributed by atoms with van der Waals surface area (Å²) < 4.78 is 4.96. The summed E-state index contributed by atoms with van der Waals surface area (Å²) in [5.74, 6) is 0.506. The molecule has 0 aromatic carbocycles. The van der Waals surface area contributed by atoms with Gasteiger partial charge >= 0.3 is 5.97 Å². The average Bonchev–Trinajstić information content (AvgIpc) is 2.04. The summed E-state index contributed by atoms with van der Waals surface area (Å²) in [5.41, 5.74) is 0. The lowest BCUT2D eigenvalue weighted by molar-refractivity contribution is -0.145. The Hall–Kier alpha value is -1.12. The first-order valence-electron chi connectivity index (χ1n) is 4.21. The van der Waals surface area contributed by atoms with Gasteiger partial charge in [-0.15, -0.1) is 0 Å². The lowest BCUT2D eigenvalue weighted by Crippen LogP contribution is -2.28. The lowest BCUT2D eigenvalue weighted by atomic mass is 9.87. The van der Waals surface area contributed by atoms with Crippen molar-refractivity contribution in [1.29, 1.82) is 0 Å². The fraction of sp³-hybridized carbons (Fsp3) is 0.556. The van der Waals surface area contributed by atoms with Crippen molar-refractivity contribution in [1.82, 2.24) is 0 Å². The molecule has 0 bridgehead atoms. The number of fused-ring (bicyclic) bond motifs is 1. The lowest BCUT2D eigenvalue weighted by Gasteiger charge is -2.26. The molecule has 0 aromatic heterocycles. The summed E-state index contributed by atoms with van der Waals surface area (Å²) in [5, 5.41) is 0. The van der Waals surface area contributed by atoms with Crippen molar-refractivity contribution in [3.05, 3.63) is 11.8 Å². The van der Waals surface area contributed by atoms with Gasteiger partial charge in [0.15, 0.2) is 0 Å². The number of carbonyl (C=O) groups excluding carboxylic acids is 2. The van der Waals surface area contributed by atoms with Gasteiger partial charge in [0.1, 0.15) is 11.5 Å². The number of hydrogen-bond donors (Lipinski definition) is 0. The van der Waals surface area contributed by atoms with Crippen LogP contribution in [0.1, 0.15) is 25.7 Å². The van der Waals surface area contributed by atoms with Crippen LogP contribution in [0.25, 0.3) is 0 Å². The number of ketones is 1. The molecule has 1 aliphatic heterocycles. The average molecular weight is 166 g/mol. The van der Waals surface area contributed by atoms with E-state index < -0.39 is 0 Å². The first kappa shape index (κ1) is 7.53. The standard InChI is InChI=1S/C9H10O3/c10-7-2-1-3-8-6(7)4-5-9(11)12-8/h3,6H,1-2,4-5H2. The smallest absolute Gasteiger partial charge is 0.310 e. The molecule has 1 atom stereocenters. The Morgan fingerprint density at radius 2 is 2.17 bits per heavy atom. The molecule has 1 fully saturated rings. The van der Waals surface area contributed by atoms with Crippen LogP contribution in [0.4, 0.5) is 0 Å². The predicted molar refractivity (Wildman–Crippen MR) is 41.1 cm³/mol. The van der Waals surface area contributed by atoms with Crippen molar-refractivity contribution in [3.63, 3.8) is 0 Å². The molecule has 1 saturated heterocycles. The van der Waals surface area contributed by atoms with Crippen molar-refractivity contribution in [3.8, 4) is 0 Å². The summed E-state index contributed by atoms with van der Waals surface area (Å²) in [6, 6.07) is 0. The highest BCUT2D eigenvalue weighted by molar-refractivity contribution is 5.87. The van der Waals surface area contributed by atoms with Gasteiger partial charge in [-0.05, 0) is 18.9 Å². The van der Waals surface area contributed by atoms with Gasteiger partial charge in [0.05, 0.1) is 5.92 Å². The van der Waals surface area contributed by atoms with Crippen molar-refractivity contribution in [2.45, 2.75) is 25.7 Å². The number of carbonyl (C=O) groups is 2. The fourth-order valence-corrected chi connectivity index (χ4v) is 1.69. The Morgan fingerprint density at radius 3 is 3.00 bits per heavy atom. The molecule has 2 aliphatic rings. The maximum atomic E-state index is 11.3. The van der Waals surface area contributed by atoms with Crippen LogP contribution in [0.2, 0.25) is 0 Å². The highest BCUT2D eigenvalue weighted by Gasteiger charge is 2.32. The third-order valence-corrected chi connectivity index (χ3v) is 2.34. The summed E-state index contributed by atoms with van der Waals surface area (Å²) >= 11 is 0. The number of Topliss-reactive ketones (excluding diaryl/α,β-unsaturated/α-hetero) is 1. The Kier molecular flexibility index (Phi) is 1.71. The first-order valence-corrected chi connectivity index (χ1v) is 4.21. The van der Waals surface area contributed by atoms with Gasteiger partial charge in [-0.3, -0.25) is 9.59 Å². The van der Waals surface area contributed by atoms with Crippen LogP contribution >= 0.6 is 0 Å². The van der Waals surface area contributed by atoms with Crippen LogP contribution in [0.5, 0.6) is 0 Å². The second-order valence-electron chi connectivity index (χ2n) is 3.18. The van der Waals surface area contributed by atoms with E-state index in [0.29, 0.717) is 25.0 Å². The molecule has 0 radical (unpaired) electrons. The van der Waals surface area contributed by atoms with E-state index in [1.165, 1.54) is 0 Å². The van der Waals surface area contributed by atoms with Crippen LogP contribution in [0.15, 0.2) is 11.8 Å². The van der Waals surface area contributed by atoms with Crippen molar-refractivity contribution >= 4 is 11.8 Å². The van der Waals surface area contributed by atoms with Crippen molar-refractivity contribution < 1.29 is 14.3 Å². The Morgan fingerprint density at radius 1 is 1.33 bits per heavy atom. The molecule has 0 aromatic rings. The number of ether oxygens (including phenoxy) is 1. The molecule has 64 valence electrons. The van der Waals surface area contributed by atoms with E-state index in [-0.39, 0.29) is 17.7 Å². The van der Waals surface area contributed by atoms with E-state index in [1.807, 2.05) is 6.08 Å². The zero-order chi connectivity index (χ0) is 8.55. The number of esters is 1.